The van der Waals surface area contributed by atoms with Gasteiger partial charge in [0.15, 0.2) is 0 Å². The van der Waals surface area contributed by atoms with E-state index in [0.29, 0.717) is 0 Å². The normalized spacial score (nSPS) is 11.1. The first-order chi connectivity index (χ1) is 6.45. The Morgan fingerprint density at radius 2 is 1.62 bits per heavy atom. The summed E-state index contributed by atoms with van der Waals surface area (Å²) in [5, 5.41) is 4.95. The largest absolute Gasteiger partial charge is 0.472 e. The molecule has 0 saturated carbocycles. The Morgan fingerprint density at radius 3 is 2.54 bits per heavy atom. The van der Waals surface area contributed by atoms with Crippen LogP contribution in [0.2, 0.25) is 0 Å². The van der Waals surface area contributed by atoms with Crippen LogP contribution >= 0.6 is 0 Å². The Labute approximate surface area is 75.6 Å². The summed E-state index contributed by atoms with van der Waals surface area (Å²) in [7, 11) is 0. The fourth-order valence-corrected chi connectivity index (χ4v) is 1.75. The van der Waals surface area contributed by atoms with E-state index in [0.717, 1.165) is 0 Å². The van der Waals surface area contributed by atoms with E-state index < -0.39 is 0 Å². The first kappa shape index (κ1) is 6.72. The summed E-state index contributed by atoms with van der Waals surface area (Å²) in [5.41, 5.74) is 0. The second-order valence-corrected chi connectivity index (χ2v) is 3.15. The molecule has 0 amide bonds. The molecule has 62 valence electrons. The maximum Gasteiger partial charge on any atom is 0.0986 e. The second kappa shape index (κ2) is 2.36. The highest BCUT2D eigenvalue weighted by Gasteiger charge is 1.99. The molecule has 0 fully saturated rings. The predicted molar refractivity (Wildman–Crippen MR) is 53.7 cm³/mol. The van der Waals surface area contributed by atoms with Crippen molar-refractivity contribution in [1.29, 1.82) is 0 Å². The van der Waals surface area contributed by atoms with Gasteiger partial charge in [0.05, 0.1) is 12.5 Å². The Bertz CT molecular complexity index is 563. The van der Waals surface area contributed by atoms with Crippen molar-refractivity contribution in [3.05, 3.63) is 48.9 Å². The van der Waals surface area contributed by atoms with Crippen molar-refractivity contribution in [1.82, 2.24) is 0 Å². The summed E-state index contributed by atoms with van der Waals surface area (Å²) in [5.74, 6) is 0. The van der Waals surface area contributed by atoms with Crippen LogP contribution in [0.1, 0.15) is 0 Å². The van der Waals surface area contributed by atoms with Gasteiger partial charge in [-0.1, -0.05) is 30.3 Å². The molecule has 0 atom stereocenters. The predicted octanol–water partition coefficient (Wildman–Crippen LogP) is 3.59. The number of fused-ring (bicyclic) bond motifs is 3. The van der Waals surface area contributed by atoms with Gasteiger partial charge in [0.1, 0.15) is 0 Å². The van der Waals surface area contributed by atoms with E-state index in [2.05, 4.69) is 30.3 Å². The molecule has 0 aliphatic rings. The third-order valence-electron chi connectivity index (χ3n) is 2.41. The fourth-order valence-electron chi connectivity index (χ4n) is 1.75. The van der Waals surface area contributed by atoms with E-state index in [1.807, 2.05) is 6.07 Å². The summed E-state index contributed by atoms with van der Waals surface area (Å²) >= 11 is 0. The third-order valence-corrected chi connectivity index (χ3v) is 2.41. The van der Waals surface area contributed by atoms with Gasteiger partial charge in [0.25, 0.3) is 0 Å². The number of benzene rings is 1. The second-order valence-electron chi connectivity index (χ2n) is 3.15. The lowest BCUT2D eigenvalue weighted by atomic mass is 10.1. The van der Waals surface area contributed by atoms with Crippen molar-refractivity contribution in [3.63, 3.8) is 0 Å². The smallest absolute Gasteiger partial charge is 0.0986 e. The number of hydrogen-bond acceptors (Lipinski definition) is 1. The summed E-state index contributed by atoms with van der Waals surface area (Å²) < 4.78 is 5.17. The minimum absolute atomic E-state index is 1.19. The van der Waals surface area contributed by atoms with Gasteiger partial charge in [-0.05, 0) is 22.2 Å². The monoisotopic (exact) mass is 168 g/mol. The average molecular weight is 168 g/mol. The lowest BCUT2D eigenvalue weighted by molar-refractivity contribution is 0.558. The van der Waals surface area contributed by atoms with Crippen LogP contribution in [0.3, 0.4) is 0 Å². The molecule has 1 heterocycles. The van der Waals surface area contributed by atoms with Gasteiger partial charge < -0.3 is 4.42 Å². The highest BCUT2D eigenvalue weighted by Crippen LogP contribution is 2.25. The highest BCUT2D eigenvalue weighted by atomic mass is 16.3. The van der Waals surface area contributed by atoms with Gasteiger partial charge in [-0.2, -0.15) is 0 Å². The topological polar surface area (TPSA) is 13.1 Å². The van der Waals surface area contributed by atoms with Crippen LogP contribution in [-0.2, 0) is 0 Å². The zero-order valence-corrected chi connectivity index (χ0v) is 7.03. The molecule has 0 saturated heterocycles. The van der Waals surface area contributed by atoms with Gasteiger partial charge >= 0.3 is 0 Å². The van der Waals surface area contributed by atoms with Gasteiger partial charge in [-0.25, -0.2) is 0 Å². The molecule has 0 N–H and O–H groups in total. The summed E-state index contributed by atoms with van der Waals surface area (Å²) in [6, 6.07) is 12.5. The minimum Gasteiger partial charge on any atom is -0.472 e. The zero-order chi connectivity index (χ0) is 8.67. The van der Waals surface area contributed by atoms with E-state index in [1.165, 1.54) is 21.5 Å². The van der Waals surface area contributed by atoms with Crippen molar-refractivity contribution >= 4 is 21.5 Å². The first-order valence-electron chi connectivity index (χ1n) is 4.29. The van der Waals surface area contributed by atoms with Gasteiger partial charge in [0, 0.05) is 5.39 Å². The molecule has 0 bridgehead atoms. The van der Waals surface area contributed by atoms with Crippen molar-refractivity contribution < 1.29 is 4.42 Å². The molecule has 1 aromatic heterocycles. The molecule has 0 unspecified atom stereocenters. The molecular formula is C12H8O. The van der Waals surface area contributed by atoms with Crippen LogP contribution in [0.4, 0.5) is 0 Å². The molecule has 2 aromatic carbocycles. The van der Waals surface area contributed by atoms with E-state index in [1.54, 1.807) is 12.5 Å². The van der Waals surface area contributed by atoms with Crippen LogP contribution in [0.5, 0.6) is 0 Å². The standard InChI is InChI=1S/C12H8O/c1-2-9-4-5-10-6-7-13-8-12(10)11(9)3-1/h1-8H. The van der Waals surface area contributed by atoms with E-state index >= 15 is 0 Å². The molecule has 0 aliphatic heterocycles. The van der Waals surface area contributed by atoms with E-state index in [4.69, 9.17) is 4.42 Å². The van der Waals surface area contributed by atoms with Crippen molar-refractivity contribution in [2.75, 3.05) is 0 Å². The molecular weight excluding hydrogens is 160 g/mol. The molecule has 0 radical (unpaired) electrons. The van der Waals surface area contributed by atoms with Crippen LogP contribution in [0, 0.1) is 0 Å². The fraction of sp³-hybridized carbons (Fsp3) is 0. The van der Waals surface area contributed by atoms with Crippen LogP contribution in [0.15, 0.2) is 53.3 Å². The lowest BCUT2D eigenvalue weighted by Gasteiger charge is -1.97. The molecule has 0 aliphatic carbocycles. The highest BCUT2D eigenvalue weighted by molar-refractivity contribution is 6.07. The van der Waals surface area contributed by atoms with E-state index in [9.17, 15) is 0 Å². The Hall–Kier alpha value is -1.76. The first-order valence-corrected chi connectivity index (χ1v) is 4.29. The number of rotatable bonds is 0. The molecule has 13 heavy (non-hydrogen) atoms. The molecule has 3 aromatic rings. The number of hydrogen-bond donors (Lipinski definition) is 0. The van der Waals surface area contributed by atoms with Crippen LogP contribution in [0.25, 0.3) is 21.5 Å². The van der Waals surface area contributed by atoms with Gasteiger partial charge in [-0.15, -0.1) is 0 Å². The molecule has 3 rings (SSSR count). The Morgan fingerprint density at radius 1 is 0.769 bits per heavy atom. The van der Waals surface area contributed by atoms with Crippen molar-refractivity contribution in [2.45, 2.75) is 0 Å². The quantitative estimate of drug-likeness (QED) is 0.500. The van der Waals surface area contributed by atoms with Gasteiger partial charge in [0.2, 0.25) is 0 Å². The Kier molecular flexibility index (Phi) is 1.22. The van der Waals surface area contributed by atoms with Crippen LogP contribution < -0.4 is 0 Å². The maximum atomic E-state index is 5.17. The average Bonchev–Trinajstić information content (AvgIpc) is 2.65. The SMILES string of the molecule is c1cc2ccc3ccocc3c2c1. The molecule has 1 nitrogen and oxygen atoms in total. The zero-order valence-electron chi connectivity index (χ0n) is 7.03. The summed E-state index contributed by atoms with van der Waals surface area (Å²) in [6.07, 6.45) is 3.51. The van der Waals surface area contributed by atoms with Gasteiger partial charge in [-0.3, -0.25) is 0 Å². The third kappa shape index (κ3) is 0.872. The Balaban J connectivity index is 2.65. The minimum atomic E-state index is 1.19. The molecule has 0 spiro atoms. The van der Waals surface area contributed by atoms with E-state index in [-0.39, 0.29) is 0 Å². The molecule has 1 heteroatoms. The summed E-state index contributed by atoms with van der Waals surface area (Å²) in [4.78, 5) is 0. The van der Waals surface area contributed by atoms with Crippen LogP contribution in [-0.4, -0.2) is 0 Å². The lowest BCUT2D eigenvalue weighted by Crippen LogP contribution is -1.71. The van der Waals surface area contributed by atoms with Crippen molar-refractivity contribution in [3.8, 4) is 0 Å². The van der Waals surface area contributed by atoms with Crippen molar-refractivity contribution in [2.24, 2.45) is 0 Å². The summed E-state index contributed by atoms with van der Waals surface area (Å²) in [6.45, 7) is 0. The maximum absolute atomic E-state index is 5.17.